The Labute approximate surface area is 104 Å². The predicted molar refractivity (Wildman–Crippen MR) is 68.9 cm³/mol. The summed E-state index contributed by atoms with van der Waals surface area (Å²) in [6.07, 6.45) is 1.79. The van der Waals surface area contributed by atoms with Crippen LogP contribution in [0.1, 0.15) is 29.2 Å². The first kappa shape index (κ1) is 10.5. The van der Waals surface area contributed by atoms with Gasteiger partial charge < -0.3 is 4.98 Å². The molecule has 0 bridgehead atoms. The van der Waals surface area contributed by atoms with Crippen molar-refractivity contribution in [2.45, 2.75) is 18.8 Å². The van der Waals surface area contributed by atoms with E-state index in [4.69, 9.17) is 12.2 Å². The van der Waals surface area contributed by atoms with Gasteiger partial charge in [-0.05, 0) is 30.6 Å². The highest BCUT2D eigenvalue weighted by Crippen LogP contribution is 2.34. The van der Waals surface area contributed by atoms with Gasteiger partial charge in [0.1, 0.15) is 0 Å². The maximum absolute atomic E-state index is 11.8. The Bertz CT molecular complexity index is 657. The standard InChI is InChI=1S/C13H12N2OS/c16-12-10-7-6-9(8-4-2-1-3-5-8)11(10)14-13(17)15-12/h1-5,9H,6-7H2,(H2,14,15,16,17). The summed E-state index contributed by atoms with van der Waals surface area (Å²) < 4.78 is 0.414. The molecule has 3 rings (SSSR count). The van der Waals surface area contributed by atoms with E-state index >= 15 is 0 Å². The topological polar surface area (TPSA) is 48.6 Å². The minimum Gasteiger partial charge on any atom is -0.335 e. The van der Waals surface area contributed by atoms with Gasteiger partial charge in [0.05, 0.1) is 0 Å². The Hall–Kier alpha value is -1.68. The molecule has 0 saturated heterocycles. The van der Waals surface area contributed by atoms with Gasteiger partial charge in [-0.2, -0.15) is 0 Å². The van der Waals surface area contributed by atoms with Gasteiger partial charge in [-0.15, -0.1) is 0 Å². The summed E-state index contributed by atoms with van der Waals surface area (Å²) in [6, 6.07) is 10.2. The van der Waals surface area contributed by atoms with Crippen molar-refractivity contribution in [2.24, 2.45) is 0 Å². The van der Waals surface area contributed by atoms with E-state index < -0.39 is 0 Å². The van der Waals surface area contributed by atoms with Crippen molar-refractivity contribution in [3.05, 3.63) is 62.3 Å². The van der Waals surface area contributed by atoms with Gasteiger partial charge in [-0.25, -0.2) is 0 Å². The molecule has 3 nitrogen and oxygen atoms in total. The van der Waals surface area contributed by atoms with Crippen LogP contribution in [0.3, 0.4) is 0 Å². The second kappa shape index (κ2) is 3.96. The Morgan fingerprint density at radius 3 is 2.71 bits per heavy atom. The fraction of sp³-hybridized carbons (Fsp3) is 0.231. The van der Waals surface area contributed by atoms with E-state index in [0.717, 1.165) is 24.1 Å². The number of nitrogens with one attached hydrogen (secondary N) is 2. The van der Waals surface area contributed by atoms with Gasteiger partial charge in [-0.1, -0.05) is 30.3 Å². The summed E-state index contributed by atoms with van der Waals surface area (Å²) in [5.41, 5.74) is 3.04. The van der Waals surface area contributed by atoms with E-state index in [-0.39, 0.29) is 11.5 Å². The first-order valence-electron chi connectivity index (χ1n) is 5.66. The van der Waals surface area contributed by atoms with E-state index in [1.807, 2.05) is 18.2 Å². The van der Waals surface area contributed by atoms with Gasteiger partial charge in [0.15, 0.2) is 4.77 Å². The highest BCUT2D eigenvalue weighted by Gasteiger charge is 2.26. The highest BCUT2D eigenvalue weighted by molar-refractivity contribution is 7.71. The van der Waals surface area contributed by atoms with Crippen LogP contribution in [0.2, 0.25) is 0 Å². The molecule has 1 aromatic heterocycles. The first-order valence-corrected chi connectivity index (χ1v) is 6.07. The molecule has 0 fully saturated rings. The number of aromatic nitrogens is 2. The Morgan fingerprint density at radius 2 is 1.94 bits per heavy atom. The Balaban J connectivity index is 2.17. The van der Waals surface area contributed by atoms with Crippen LogP contribution in [-0.2, 0) is 6.42 Å². The third-order valence-corrected chi connectivity index (χ3v) is 3.51. The van der Waals surface area contributed by atoms with Crippen molar-refractivity contribution in [3.63, 3.8) is 0 Å². The molecular formula is C13H12N2OS. The fourth-order valence-corrected chi connectivity index (χ4v) is 2.73. The Kier molecular flexibility index (Phi) is 2.44. The number of hydrogen-bond donors (Lipinski definition) is 2. The molecule has 0 amide bonds. The normalized spacial score (nSPS) is 18.0. The van der Waals surface area contributed by atoms with Crippen LogP contribution in [0.15, 0.2) is 35.1 Å². The van der Waals surface area contributed by atoms with Crippen LogP contribution in [0.5, 0.6) is 0 Å². The van der Waals surface area contributed by atoms with Crippen LogP contribution in [0.25, 0.3) is 0 Å². The zero-order valence-electron chi connectivity index (χ0n) is 9.19. The number of benzene rings is 1. The average molecular weight is 244 g/mol. The molecule has 86 valence electrons. The van der Waals surface area contributed by atoms with E-state index in [1.54, 1.807) is 0 Å². The molecule has 1 atom stereocenters. The number of rotatable bonds is 1. The van der Waals surface area contributed by atoms with Crippen LogP contribution >= 0.6 is 12.2 Å². The summed E-state index contributed by atoms with van der Waals surface area (Å²) >= 11 is 5.03. The number of hydrogen-bond acceptors (Lipinski definition) is 2. The van der Waals surface area contributed by atoms with Gasteiger partial charge >= 0.3 is 0 Å². The molecule has 0 spiro atoms. The minimum atomic E-state index is -0.0396. The summed E-state index contributed by atoms with van der Waals surface area (Å²) in [7, 11) is 0. The maximum Gasteiger partial charge on any atom is 0.255 e. The van der Waals surface area contributed by atoms with Crippen molar-refractivity contribution in [2.75, 3.05) is 0 Å². The predicted octanol–water partition coefficient (Wildman–Crippen LogP) is 2.51. The van der Waals surface area contributed by atoms with Gasteiger partial charge in [0.2, 0.25) is 0 Å². The molecule has 1 aromatic carbocycles. The number of H-pyrrole nitrogens is 2. The van der Waals surface area contributed by atoms with Crippen LogP contribution in [0, 0.1) is 4.77 Å². The molecule has 2 aromatic rings. The van der Waals surface area contributed by atoms with E-state index in [9.17, 15) is 4.79 Å². The summed E-state index contributed by atoms with van der Waals surface area (Å²) in [5, 5.41) is 0. The molecule has 2 N–H and O–H groups in total. The third kappa shape index (κ3) is 1.74. The lowest BCUT2D eigenvalue weighted by atomic mass is 9.97. The second-order valence-corrected chi connectivity index (χ2v) is 4.71. The van der Waals surface area contributed by atoms with Crippen molar-refractivity contribution in [1.82, 2.24) is 9.97 Å². The van der Waals surface area contributed by atoms with E-state index in [1.165, 1.54) is 5.56 Å². The van der Waals surface area contributed by atoms with Crippen molar-refractivity contribution in [3.8, 4) is 0 Å². The van der Waals surface area contributed by atoms with Crippen LogP contribution in [0.4, 0.5) is 0 Å². The smallest absolute Gasteiger partial charge is 0.255 e. The lowest BCUT2D eigenvalue weighted by Crippen LogP contribution is -2.14. The maximum atomic E-state index is 11.8. The van der Waals surface area contributed by atoms with Crippen LogP contribution < -0.4 is 5.56 Å². The van der Waals surface area contributed by atoms with Crippen LogP contribution in [-0.4, -0.2) is 9.97 Å². The zero-order chi connectivity index (χ0) is 11.8. The Morgan fingerprint density at radius 1 is 1.18 bits per heavy atom. The molecule has 17 heavy (non-hydrogen) atoms. The molecule has 4 heteroatoms. The van der Waals surface area contributed by atoms with Crippen molar-refractivity contribution < 1.29 is 0 Å². The third-order valence-electron chi connectivity index (χ3n) is 3.31. The molecule has 1 unspecified atom stereocenters. The number of aromatic amines is 2. The van der Waals surface area contributed by atoms with E-state index in [0.29, 0.717) is 4.77 Å². The van der Waals surface area contributed by atoms with E-state index in [2.05, 4.69) is 22.1 Å². The fourth-order valence-electron chi connectivity index (χ4n) is 2.53. The summed E-state index contributed by atoms with van der Waals surface area (Å²) in [5.74, 6) is 0.273. The SMILES string of the molecule is O=c1[nH]c(=S)[nH]c2c1CCC2c1ccccc1. The summed E-state index contributed by atoms with van der Waals surface area (Å²) in [4.78, 5) is 17.5. The second-order valence-electron chi connectivity index (χ2n) is 4.30. The highest BCUT2D eigenvalue weighted by atomic mass is 32.1. The molecule has 0 radical (unpaired) electrons. The molecule has 1 aliphatic carbocycles. The number of fused-ring (bicyclic) bond motifs is 1. The van der Waals surface area contributed by atoms with Gasteiger partial charge in [0, 0.05) is 17.2 Å². The van der Waals surface area contributed by atoms with Crippen molar-refractivity contribution in [1.29, 1.82) is 0 Å². The molecular weight excluding hydrogens is 232 g/mol. The average Bonchev–Trinajstić information content (AvgIpc) is 2.74. The van der Waals surface area contributed by atoms with Gasteiger partial charge in [-0.3, -0.25) is 9.78 Å². The first-order chi connectivity index (χ1) is 8.25. The monoisotopic (exact) mass is 244 g/mol. The molecule has 1 heterocycles. The van der Waals surface area contributed by atoms with Crippen molar-refractivity contribution >= 4 is 12.2 Å². The molecule has 1 aliphatic rings. The molecule has 0 saturated carbocycles. The lowest BCUT2D eigenvalue weighted by molar-refractivity contribution is 0.770. The zero-order valence-corrected chi connectivity index (χ0v) is 10.0. The molecule has 0 aliphatic heterocycles. The van der Waals surface area contributed by atoms with Gasteiger partial charge in [0.25, 0.3) is 5.56 Å². The summed E-state index contributed by atoms with van der Waals surface area (Å²) in [6.45, 7) is 0. The quantitative estimate of drug-likeness (QED) is 0.757. The largest absolute Gasteiger partial charge is 0.335 e. The minimum absolute atomic E-state index is 0.0396. The lowest BCUT2D eigenvalue weighted by Gasteiger charge is -2.11.